The number of halogens is 1. The molecule has 7 nitrogen and oxygen atoms in total. The fourth-order valence-electron chi connectivity index (χ4n) is 2.83. The van der Waals surface area contributed by atoms with Crippen LogP contribution in [0.1, 0.15) is 22.2 Å². The summed E-state index contributed by atoms with van der Waals surface area (Å²) >= 11 is 5.82. The summed E-state index contributed by atoms with van der Waals surface area (Å²) in [6, 6.07) is 15.6. The van der Waals surface area contributed by atoms with E-state index in [-0.39, 0.29) is 16.8 Å². The highest BCUT2D eigenvalue weighted by molar-refractivity contribution is 7.92. The van der Waals surface area contributed by atoms with Gasteiger partial charge >= 0.3 is 0 Å². The summed E-state index contributed by atoms with van der Waals surface area (Å²) in [7, 11) is 0.0120. The van der Waals surface area contributed by atoms with Gasteiger partial charge in [0.15, 0.2) is 0 Å². The number of nitrogens with zero attached hydrogens (tertiary/aromatic N) is 1. The molecule has 1 unspecified atom stereocenters. The van der Waals surface area contributed by atoms with Crippen LogP contribution in [0.4, 0.5) is 5.69 Å². The van der Waals surface area contributed by atoms with Gasteiger partial charge in [0, 0.05) is 22.8 Å². The summed E-state index contributed by atoms with van der Waals surface area (Å²) in [6.07, 6.45) is 1.59. The van der Waals surface area contributed by atoms with Gasteiger partial charge in [0.05, 0.1) is 17.2 Å². The minimum Gasteiger partial charge on any atom is -0.468 e. The number of amides is 1. The van der Waals surface area contributed by atoms with Crippen molar-refractivity contribution in [3.63, 3.8) is 0 Å². The summed E-state index contributed by atoms with van der Waals surface area (Å²) in [5.41, 5.74) is 0.756. The molecule has 2 aromatic carbocycles. The molecule has 2 N–H and O–H groups in total. The molecule has 9 heteroatoms. The molecule has 0 aliphatic rings. The maximum Gasteiger partial charge on any atom is 0.261 e. The molecule has 1 heterocycles. The van der Waals surface area contributed by atoms with Crippen LogP contribution in [0.5, 0.6) is 0 Å². The first-order chi connectivity index (χ1) is 14.3. The van der Waals surface area contributed by atoms with Crippen LogP contribution in [0.3, 0.4) is 0 Å². The van der Waals surface area contributed by atoms with Gasteiger partial charge in [0.2, 0.25) is 0 Å². The van der Waals surface area contributed by atoms with E-state index < -0.39 is 10.0 Å². The highest BCUT2D eigenvalue weighted by Gasteiger charge is 2.19. The van der Waals surface area contributed by atoms with Gasteiger partial charge in [-0.05, 0) is 74.8 Å². The summed E-state index contributed by atoms with van der Waals surface area (Å²) in [5, 5.41) is 3.36. The molecule has 3 rings (SSSR count). The van der Waals surface area contributed by atoms with Crippen molar-refractivity contribution in [3.8, 4) is 0 Å². The minimum absolute atomic E-state index is 0.0516. The number of carbonyl (C=O) groups is 1. The molecule has 3 aromatic rings. The molecule has 158 valence electrons. The largest absolute Gasteiger partial charge is 0.468 e. The molecule has 0 aliphatic carbocycles. The molecule has 1 atom stereocenters. The normalized spacial score (nSPS) is 12.5. The molecule has 1 amide bonds. The number of carbonyl (C=O) groups excluding carboxylic acids is 1. The number of likely N-dealkylation sites (N-methyl/N-ethyl adjacent to an activating group) is 1. The Kier molecular flexibility index (Phi) is 6.81. The van der Waals surface area contributed by atoms with Crippen LogP contribution in [-0.4, -0.2) is 39.9 Å². The predicted octanol–water partition coefficient (Wildman–Crippen LogP) is 3.77. The van der Waals surface area contributed by atoms with Crippen LogP contribution in [0, 0.1) is 0 Å². The lowest BCUT2D eigenvalue weighted by molar-refractivity contribution is 0.0939. The monoisotopic (exact) mass is 447 g/mol. The number of anilines is 1. The zero-order chi connectivity index (χ0) is 21.7. The first-order valence-electron chi connectivity index (χ1n) is 9.13. The Morgan fingerprint density at radius 1 is 1.07 bits per heavy atom. The van der Waals surface area contributed by atoms with Crippen LogP contribution in [-0.2, 0) is 10.0 Å². The molecule has 0 saturated heterocycles. The van der Waals surface area contributed by atoms with Gasteiger partial charge in [-0.2, -0.15) is 0 Å². The smallest absolute Gasteiger partial charge is 0.261 e. The van der Waals surface area contributed by atoms with E-state index in [1.54, 1.807) is 36.6 Å². The Labute approximate surface area is 180 Å². The van der Waals surface area contributed by atoms with Gasteiger partial charge < -0.3 is 9.73 Å². The number of furan rings is 1. The Balaban J connectivity index is 1.65. The molecule has 0 saturated carbocycles. The van der Waals surface area contributed by atoms with Gasteiger partial charge in [-0.1, -0.05) is 11.6 Å². The highest BCUT2D eigenvalue weighted by Crippen LogP contribution is 2.20. The predicted molar refractivity (Wildman–Crippen MR) is 116 cm³/mol. The first-order valence-corrected chi connectivity index (χ1v) is 11.0. The van der Waals surface area contributed by atoms with Gasteiger partial charge in [0.1, 0.15) is 5.76 Å². The van der Waals surface area contributed by atoms with Crippen molar-refractivity contribution in [1.82, 2.24) is 10.2 Å². The SMILES string of the molecule is CN(C)C(CNC(=O)c1ccc(S(=O)(=O)Nc2ccc(Cl)cc2)cc1)c1ccco1. The summed E-state index contributed by atoms with van der Waals surface area (Å²) in [6.45, 7) is 0.345. The Hall–Kier alpha value is -2.81. The van der Waals surface area contributed by atoms with Crippen LogP contribution < -0.4 is 10.0 Å². The number of rotatable bonds is 8. The van der Waals surface area contributed by atoms with Gasteiger partial charge in [0.25, 0.3) is 15.9 Å². The van der Waals surface area contributed by atoms with E-state index in [1.807, 2.05) is 25.1 Å². The molecule has 0 spiro atoms. The van der Waals surface area contributed by atoms with Crippen molar-refractivity contribution >= 4 is 33.2 Å². The number of hydrogen-bond donors (Lipinski definition) is 2. The molecule has 30 heavy (non-hydrogen) atoms. The second-order valence-corrected chi connectivity index (χ2v) is 8.96. The zero-order valence-electron chi connectivity index (χ0n) is 16.5. The van der Waals surface area contributed by atoms with Crippen LogP contribution >= 0.6 is 11.6 Å². The maximum atomic E-state index is 12.5. The van der Waals surface area contributed by atoms with Crippen molar-refractivity contribution in [2.24, 2.45) is 0 Å². The lowest BCUT2D eigenvalue weighted by Gasteiger charge is -2.22. The second kappa shape index (κ2) is 9.34. The third-order valence-electron chi connectivity index (χ3n) is 4.47. The van der Waals surface area contributed by atoms with Gasteiger partial charge in [-0.15, -0.1) is 0 Å². The quantitative estimate of drug-likeness (QED) is 0.548. The first kappa shape index (κ1) is 21.9. The molecule has 0 fully saturated rings. The number of hydrogen-bond acceptors (Lipinski definition) is 5. The Morgan fingerprint density at radius 3 is 2.30 bits per heavy atom. The molecular formula is C21H22ClN3O4S. The average Bonchev–Trinajstić information content (AvgIpc) is 3.24. The van der Waals surface area contributed by atoms with Crippen molar-refractivity contribution < 1.29 is 17.6 Å². The Bertz CT molecular complexity index is 1080. The summed E-state index contributed by atoms with van der Waals surface area (Å²) < 4.78 is 33.0. The van der Waals surface area contributed by atoms with E-state index >= 15 is 0 Å². The van der Waals surface area contributed by atoms with E-state index in [0.29, 0.717) is 22.8 Å². The fraction of sp³-hybridized carbons (Fsp3) is 0.190. The number of benzene rings is 2. The van der Waals surface area contributed by atoms with E-state index in [1.165, 1.54) is 24.3 Å². The van der Waals surface area contributed by atoms with Gasteiger partial charge in [-0.25, -0.2) is 8.42 Å². The van der Waals surface area contributed by atoms with Crippen molar-refractivity contribution in [2.75, 3.05) is 25.4 Å². The highest BCUT2D eigenvalue weighted by atomic mass is 35.5. The second-order valence-electron chi connectivity index (χ2n) is 6.84. The molecule has 0 aliphatic heterocycles. The standard InChI is InChI=1S/C21H22ClN3O4S/c1-25(2)19(20-4-3-13-29-20)14-23-21(26)15-5-11-18(12-6-15)30(27,28)24-17-9-7-16(22)8-10-17/h3-13,19,24H,14H2,1-2H3,(H,23,26). The number of nitrogens with one attached hydrogen (secondary N) is 2. The minimum atomic E-state index is -3.78. The van der Waals surface area contributed by atoms with E-state index in [2.05, 4.69) is 10.0 Å². The lowest BCUT2D eigenvalue weighted by Crippen LogP contribution is -2.34. The third-order valence-corrected chi connectivity index (χ3v) is 6.12. The van der Waals surface area contributed by atoms with Crippen molar-refractivity contribution in [1.29, 1.82) is 0 Å². The van der Waals surface area contributed by atoms with Crippen LogP contribution in [0.25, 0.3) is 0 Å². The van der Waals surface area contributed by atoms with Gasteiger partial charge in [-0.3, -0.25) is 14.4 Å². The molecule has 0 radical (unpaired) electrons. The average molecular weight is 448 g/mol. The molecule has 1 aromatic heterocycles. The lowest BCUT2D eigenvalue weighted by atomic mass is 10.2. The molecular weight excluding hydrogens is 426 g/mol. The molecule has 0 bridgehead atoms. The topological polar surface area (TPSA) is 91.7 Å². The van der Waals surface area contributed by atoms with Crippen molar-refractivity contribution in [2.45, 2.75) is 10.9 Å². The fourth-order valence-corrected chi connectivity index (χ4v) is 4.01. The van der Waals surface area contributed by atoms with E-state index in [9.17, 15) is 13.2 Å². The third kappa shape index (κ3) is 5.41. The number of sulfonamides is 1. The maximum absolute atomic E-state index is 12.5. The summed E-state index contributed by atoms with van der Waals surface area (Å²) in [4.78, 5) is 14.5. The Morgan fingerprint density at radius 2 is 1.73 bits per heavy atom. The van der Waals surface area contributed by atoms with E-state index in [4.69, 9.17) is 16.0 Å². The van der Waals surface area contributed by atoms with Crippen molar-refractivity contribution in [3.05, 3.63) is 83.3 Å². The summed E-state index contributed by atoms with van der Waals surface area (Å²) in [5.74, 6) is 0.443. The van der Waals surface area contributed by atoms with E-state index in [0.717, 1.165) is 5.76 Å². The van der Waals surface area contributed by atoms with Crippen LogP contribution in [0.15, 0.2) is 76.2 Å². The van der Waals surface area contributed by atoms with Crippen LogP contribution in [0.2, 0.25) is 5.02 Å². The zero-order valence-corrected chi connectivity index (χ0v) is 18.1.